The van der Waals surface area contributed by atoms with Crippen molar-refractivity contribution in [3.8, 4) is 0 Å². The van der Waals surface area contributed by atoms with Crippen LogP contribution >= 0.6 is 22.9 Å². The fraction of sp³-hybridized carbons (Fsp3) is 0.231. The molecule has 0 unspecified atom stereocenters. The van der Waals surface area contributed by atoms with Crippen molar-refractivity contribution in [2.75, 3.05) is 5.73 Å². The average Bonchev–Trinajstić information content (AvgIpc) is 2.84. The van der Waals surface area contributed by atoms with Gasteiger partial charge in [-0.05, 0) is 35.4 Å². The van der Waals surface area contributed by atoms with Crippen molar-refractivity contribution in [1.29, 1.82) is 0 Å². The molecule has 0 saturated carbocycles. The Bertz CT molecular complexity index is 548. The first-order valence-electron chi connectivity index (χ1n) is 5.54. The normalized spacial score (nSPS) is 15.1. The van der Waals surface area contributed by atoms with Crippen LogP contribution in [0.1, 0.15) is 16.0 Å². The smallest absolute Gasteiger partial charge is 0.0931 e. The third-order valence-electron chi connectivity index (χ3n) is 3.03. The highest BCUT2D eigenvalue weighted by Crippen LogP contribution is 2.28. The highest BCUT2D eigenvalue weighted by molar-refractivity contribution is 7.16. The summed E-state index contributed by atoms with van der Waals surface area (Å²) in [6.45, 7) is 2.95. The van der Waals surface area contributed by atoms with Crippen LogP contribution in [0.15, 0.2) is 30.3 Å². The monoisotopic (exact) mass is 264 g/mol. The molecule has 0 amide bonds. The molecule has 0 radical (unpaired) electrons. The largest absolute Gasteiger partial charge is 0.399 e. The van der Waals surface area contributed by atoms with Crippen LogP contribution in [0.3, 0.4) is 0 Å². The number of nitrogen functional groups attached to an aromatic ring is 1. The lowest BCUT2D eigenvalue weighted by molar-refractivity contribution is 0.278. The van der Waals surface area contributed by atoms with E-state index in [0.29, 0.717) is 0 Å². The quantitative estimate of drug-likeness (QED) is 0.842. The van der Waals surface area contributed by atoms with Gasteiger partial charge in [0.05, 0.1) is 4.34 Å². The summed E-state index contributed by atoms with van der Waals surface area (Å²) in [5, 5.41) is 0. The van der Waals surface area contributed by atoms with E-state index in [1.54, 1.807) is 11.3 Å². The maximum absolute atomic E-state index is 5.94. The molecule has 1 aliphatic heterocycles. The van der Waals surface area contributed by atoms with Gasteiger partial charge in [-0.15, -0.1) is 11.3 Å². The molecule has 3 rings (SSSR count). The van der Waals surface area contributed by atoms with Gasteiger partial charge in [0.2, 0.25) is 0 Å². The summed E-state index contributed by atoms with van der Waals surface area (Å²) in [7, 11) is 0. The van der Waals surface area contributed by atoms with Crippen molar-refractivity contribution >= 4 is 28.6 Å². The second-order valence-electron chi connectivity index (χ2n) is 4.38. The Morgan fingerprint density at radius 1 is 1.18 bits per heavy atom. The summed E-state index contributed by atoms with van der Waals surface area (Å²) in [5.41, 5.74) is 9.39. The van der Waals surface area contributed by atoms with Gasteiger partial charge in [-0.3, -0.25) is 4.90 Å². The SMILES string of the molecule is Nc1ccc2c(c1)CN(Cc1ccc(Cl)s1)C2. The summed E-state index contributed by atoms with van der Waals surface area (Å²) in [4.78, 5) is 3.72. The standard InChI is InChI=1S/C13H13ClN2S/c14-13-4-3-12(17-13)8-16-6-9-1-2-11(15)5-10(9)7-16/h1-5H,6-8,15H2. The Hall–Kier alpha value is -1.03. The number of rotatable bonds is 2. The van der Waals surface area contributed by atoms with Crippen LogP contribution in [-0.4, -0.2) is 4.90 Å². The first-order valence-corrected chi connectivity index (χ1v) is 6.74. The van der Waals surface area contributed by atoms with Crippen molar-refractivity contribution in [3.63, 3.8) is 0 Å². The van der Waals surface area contributed by atoms with E-state index in [2.05, 4.69) is 23.1 Å². The van der Waals surface area contributed by atoms with Crippen molar-refractivity contribution in [2.45, 2.75) is 19.6 Å². The molecule has 0 atom stereocenters. The highest BCUT2D eigenvalue weighted by Gasteiger charge is 2.19. The van der Waals surface area contributed by atoms with Crippen LogP contribution in [0.5, 0.6) is 0 Å². The Kier molecular flexibility index (Phi) is 2.82. The number of benzene rings is 1. The van der Waals surface area contributed by atoms with E-state index in [1.807, 2.05) is 12.1 Å². The predicted octanol–water partition coefficient (Wildman–Crippen LogP) is 3.50. The summed E-state index contributed by atoms with van der Waals surface area (Å²) in [6.07, 6.45) is 0. The summed E-state index contributed by atoms with van der Waals surface area (Å²) in [6, 6.07) is 10.3. The molecule has 88 valence electrons. The topological polar surface area (TPSA) is 29.3 Å². The van der Waals surface area contributed by atoms with Crippen LogP contribution in [-0.2, 0) is 19.6 Å². The van der Waals surface area contributed by atoms with Gasteiger partial charge >= 0.3 is 0 Å². The minimum absolute atomic E-state index is 0.852. The van der Waals surface area contributed by atoms with Gasteiger partial charge in [-0.25, -0.2) is 0 Å². The number of hydrogen-bond acceptors (Lipinski definition) is 3. The summed E-state index contributed by atoms with van der Waals surface area (Å²) in [5.74, 6) is 0. The van der Waals surface area contributed by atoms with E-state index >= 15 is 0 Å². The number of thiophene rings is 1. The van der Waals surface area contributed by atoms with Crippen molar-refractivity contribution in [1.82, 2.24) is 4.90 Å². The Morgan fingerprint density at radius 2 is 2.00 bits per heavy atom. The molecule has 2 N–H and O–H groups in total. The molecule has 0 saturated heterocycles. The van der Waals surface area contributed by atoms with Gasteiger partial charge in [0.15, 0.2) is 0 Å². The molecule has 0 spiro atoms. The van der Waals surface area contributed by atoms with Gasteiger partial charge in [0.1, 0.15) is 0 Å². The van der Waals surface area contributed by atoms with E-state index in [9.17, 15) is 0 Å². The van der Waals surface area contributed by atoms with Crippen molar-refractivity contribution in [2.24, 2.45) is 0 Å². The van der Waals surface area contributed by atoms with E-state index < -0.39 is 0 Å². The van der Waals surface area contributed by atoms with Gasteiger partial charge < -0.3 is 5.73 Å². The summed E-state index contributed by atoms with van der Waals surface area (Å²) >= 11 is 7.59. The molecule has 4 heteroatoms. The van der Waals surface area contributed by atoms with Gasteiger partial charge in [0, 0.05) is 30.2 Å². The van der Waals surface area contributed by atoms with E-state index in [1.165, 1.54) is 16.0 Å². The molecule has 0 aliphatic carbocycles. The zero-order valence-electron chi connectivity index (χ0n) is 9.32. The first kappa shape index (κ1) is 11.1. The van der Waals surface area contributed by atoms with Crippen LogP contribution in [0.2, 0.25) is 4.34 Å². The number of nitrogens with two attached hydrogens (primary N) is 1. The number of anilines is 1. The second kappa shape index (κ2) is 4.33. The molecule has 1 aromatic heterocycles. The number of fused-ring (bicyclic) bond motifs is 1. The molecule has 1 aromatic carbocycles. The second-order valence-corrected chi connectivity index (χ2v) is 6.18. The maximum Gasteiger partial charge on any atom is 0.0931 e. The van der Waals surface area contributed by atoms with E-state index in [0.717, 1.165) is 29.7 Å². The Balaban J connectivity index is 1.74. The fourth-order valence-electron chi connectivity index (χ4n) is 2.25. The molecule has 0 fully saturated rings. The summed E-state index contributed by atoms with van der Waals surface area (Å²) < 4.78 is 0.862. The van der Waals surface area contributed by atoms with Crippen LogP contribution in [0.25, 0.3) is 0 Å². The Morgan fingerprint density at radius 3 is 2.76 bits per heavy atom. The third kappa shape index (κ3) is 2.32. The van der Waals surface area contributed by atoms with Crippen LogP contribution < -0.4 is 5.73 Å². The number of halogens is 1. The molecular formula is C13H13ClN2S. The van der Waals surface area contributed by atoms with E-state index in [-0.39, 0.29) is 0 Å². The number of nitrogens with zero attached hydrogens (tertiary/aromatic N) is 1. The molecule has 2 aromatic rings. The molecule has 0 bridgehead atoms. The molecular weight excluding hydrogens is 252 g/mol. The van der Waals surface area contributed by atoms with Crippen molar-refractivity contribution < 1.29 is 0 Å². The molecule has 2 heterocycles. The lowest BCUT2D eigenvalue weighted by Crippen LogP contribution is -2.14. The van der Waals surface area contributed by atoms with E-state index in [4.69, 9.17) is 17.3 Å². The minimum atomic E-state index is 0.852. The molecule has 17 heavy (non-hydrogen) atoms. The third-order valence-corrected chi connectivity index (χ3v) is 4.24. The molecule has 1 aliphatic rings. The fourth-order valence-corrected chi connectivity index (χ4v) is 3.38. The molecule has 2 nitrogen and oxygen atoms in total. The van der Waals surface area contributed by atoms with Crippen molar-refractivity contribution in [3.05, 3.63) is 50.7 Å². The zero-order valence-corrected chi connectivity index (χ0v) is 10.9. The average molecular weight is 265 g/mol. The van der Waals surface area contributed by atoms with Crippen LogP contribution in [0.4, 0.5) is 5.69 Å². The van der Waals surface area contributed by atoms with Crippen LogP contribution in [0, 0.1) is 0 Å². The minimum Gasteiger partial charge on any atom is -0.399 e. The lowest BCUT2D eigenvalue weighted by atomic mass is 10.1. The maximum atomic E-state index is 5.94. The highest BCUT2D eigenvalue weighted by atomic mass is 35.5. The Labute approximate surface area is 110 Å². The zero-order chi connectivity index (χ0) is 11.8. The van der Waals surface area contributed by atoms with Gasteiger partial charge in [-0.2, -0.15) is 0 Å². The number of hydrogen-bond donors (Lipinski definition) is 1. The predicted molar refractivity (Wildman–Crippen MR) is 73.1 cm³/mol. The first-order chi connectivity index (χ1) is 8.20. The van der Waals surface area contributed by atoms with Gasteiger partial charge in [-0.1, -0.05) is 17.7 Å². The lowest BCUT2D eigenvalue weighted by Gasteiger charge is -2.12. The van der Waals surface area contributed by atoms with Gasteiger partial charge in [0.25, 0.3) is 0 Å².